The minimum absolute atomic E-state index is 0.275. The van der Waals surface area contributed by atoms with Gasteiger partial charge in [0.1, 0.15) is 28.9 Å². The minimum Gasteiger partial charge on any atom is -0.487 e. The third-order valence-corrected chi connectivity index (χ3v) is 3.01. The number of hydrogen-bond donors (Lipinski definition) is 1. The summed E-state index contributed by atoms with van der Waals surface area (Å²) >= 11 is 1.31. The summed E-state index contributed by atoms with van der Waals surface area (Å²) in [4.78, 5) is 0. The number of nitrogens with one attached hydrogen (secondary N) is 1. The van der Waals surface area contributed by atoms with Gasteiger partial charge in [0.2, 0.25) is 0 Å². The maximum absolute atomic E-state index is 12.7. The predicted molar refractivity (Wildman–Crippen MR) is 69.4 cm³/mol. The molecule has 1 aromatic heterocycles. The Balaban J connectivity index is 1.93. The molecule has 96 valence electrons. The van der Waals surface area contributed by atoms with Crippen molar-refractivity contribution in [2.75, 3.05) is 11.9 Å². The quantitative estimate of drug-likeness (QED) is 0.873. The molecule has 0 atom stereocenters. The van der Waals surface area contributed by atoms with Gasteiger partial charge in [0, 0.05) is 18.1 Å². The smallest absolute Gasteiger partial charge is 0.136 e. The number of nitrogens with zero attached hydrogens (tertiary/aromatic N) is 2. The zero-order valence-corrected chi connectivity index (χ0v) is 10.8. The molecule has 1 N–H and O–H groups in total. The van der Waals surface area contributed by atoms with Crippen LogP contribution in [0.4, 0.5) is 9.39 Å². The van der Waals surface area contributed by atoms with Crippen LogP contribution < -0.4 is 10.1 Å². The van der Waals surface area contributed by atoms with Gasteiger partial charge in [-0.3, -0.25) is 0 Å². The summed E-state index contributed by atoms with van der Waals surface area (Å²) in [5, 5.41) is 8.18. The third-order valence-electron chi connectivity index (χ3n) is 2.28. The molecule has 0 aliphatic heterocycles. The van der Waals surface area contributed by atoms with Gasteiger partial charge in [-0.05, 0) is 30.7 Å². The van der Waals surface area contributed by atoms with Gasteiger partial charge in [0.15, 0.2) is 0 Å². The molecule has 0 amide bonds. The molecule has 1 aromatic carbocycles. The van der Waals surface area contributed by atoms with Crippen molar-refractivity contribution in [1.82, 2.24) is 9.59 Å². The molecule has 0 aliphatic rings. The molecular formula is C12H14FN3OS. The Morgan fingerprint density at radius 2 is 2.11 bits per heavy atom. The van der Waals surface area contributed by atoms with Crippen molar-refractivity contribution in [1.29, 1.82) is 0 Å². The van der Waals surface area contributed by atoms with E-state index >= 15 is 0 Å². The number of ether oxygens (including phenoxy) is 1. The van der Waals surface area contributed by atoms with Crippen LogP contribution in [0.5, 0.6) is 5.75 Å². The first-order chi connectivity index (χ1) is 8.79. The molecular weight excluding hydrogens is 253 g/mol. The summed E-state index contributed by atoms with van der Waals surface area (Å²) in [6.45, 7) is 3.30. The molecule has 4 nitrogen and oxygen atoms in total. The minimum atomic E-state index is -0.275. The number of benzene rings is 1. The van der Waals surface area contributed by atoms with E-state index in [2.05, 4.69) is 21.8 Å². The van der Waals surface area contributed by atoms with Crippen molar-refractivity contribution >= 4 is 16.5 Å². The third kappa shape index (κ3) is 3.40. The van der Waals surface area contributed by atoms with Crippen LogP contribution in [-0.2, 0) is 6.61 Å². The van der Waals surface area contributed by atoms with Crippen molar-refractivity contribution in [3.63, 3.8) is 0 Å². The maximum atomic E-state index is 12.7. The fourth-order valence-corrected chi connectivity index (χ4v) is 1.95. The summed E-state index contributed by atoms with van der Waals surface area (Å²) in [7, 11) is 0. The van der Waals surface area contributed by atoms with E-state index in [4.69, 9.17) is 4.74 Å². The molecule has 2 rings (SSSR count). The van der Waals surface area contributed by atoms with E-state index in [1.807, 2.05) is 0 Å². The largest absolute Gasteiger partial charge is 0.487 e. The second kappa shape index (κ2) is 6.30. The summed E-state index contributed by atoms with van der Waals surface area (Å²) in [6.07, 6.45) is 1.04. The van der Waals surface area contributed by atoms with Crippen LogP contribution in [0.1, 0.15) is 19.0 Å². The van der Waals surface area contributed by atoms with E-state index in [0.717, 1.165) is 23.7 Å². The molecule has 1 heterocycles. The van der Waals surface area contributed by atoms with Crippen molar-refractivity contribution < 1.29 is 9.13 Å². The van der Waals surface area contributed by atoms with Crippen molar-refractivity contribution in [2.45, 2.75) is 20.0 Å². The van der Waals surface area contributed by atoms with E-state index in [0.29, 0.717) is 12.4 Å². The molecule has 2 aromatic rings. The van der Waals surface area contributed by atoms with Crippen LogP contribution in [0.15, 0.2) is 24.3 Å². The second-order valence-electron chi connectivity index (χ2n) is 3.72. The average molecular weight is 267 g/mol. The predicted octanol–water partition coefficient (Wildman–Crippen LogP) is 3.08. The van der Waals surface area contributed by atoms with Crippen molar-refractivity contribution in [3.05, 3.63) is 35.8 Å². The van der Waals surface area contributed by atoms with Gasteiger partial charge in [-0.1, -0.05) is 11.4 Å². The van der Waals surface area contributed by atoms with Crippen molar-refractivity contribution in [2.24, 2.45) is 0 Å². The Morgan fingerprint density at radius 1 is 1.33 bits per heavy atom. The number of hydrogen-bond acceptors (Lipinski definition) is 5. The molecule has 18 heavy (non-hydrogen) atoms. The molecule has 0 saturated heterocycles. The van der Waals surface area contributed by atoms with Crippen LogP contribution in [0.3, 0.4) is 0 Å². The SMILES string of the molecule is CCCNc1snnc1COc1ccc(F)cc1. The number of anilines is 1. The summed E-state index contributed by atoms with van der Waals surface area (Å²) in [5.41, 5.74) is 0.776. The Kier molecular flexibility index (Phi) is 4.46. The highest BCUT2D eigenvalue weighted by molar-refractivity contribution is 7.10. The van der Waals surface area contributed by atoms with Crippen LogP contribution in [0, 0.1) is 5.82 Å². The maximum Gasteiger partial charge on any atom is 0.136 e. The van der Waals surface area contributed by atoms with E-state index in [-0.39, 0.29) is 5.82 Å². The first-order valence-electron chi connectivity index (χ1n) is 5.73. The zero-order valence-electron chi connectivity index (χ0n) is 10.0. The highest BCUT2D eigenvalue weighted by Gasteiger charge is 2.07. The summed E-state index contributed by atoms with van der Waals surface area (Å²) in [5.74, 6) is 0.341. The molecule has 0 fully saturated rings. The lowest BCUT2D eigenvalue weighted by atomic mass is 10.3. The molecule has 0 radical (unpaired) electrons. The molecule has 0 unspecified atom stereocenters. The number of rotatable bonds is 6. The first-order valence-corrected chi connectivity index (χ1v) is 6.50. The molecule has 0 spiro atoms. The Hall–Kier alpha value is -1.69. The molecule has 0 saturated carbocycles. The highest BCUT2D eigenvalue weighted by atomic mass is 32.1. The molecule has 6 heteroatoms. The normalized spacial score (nSPS) is 10.3. The van der Waals surface area contributed by atoms with Crippen LogP contribution in [0.2, 0.25) is 0 Å². The molecule has 0 bridgehead atoms. The lowest BCUT2D eigenvalue weighted by molar-refractivity contribution is 0.301. The lowest BCUT2D eigenvalue weighted by Crippen LogP contribution is -2.03. The Bertz CT molecular complexity index is 486. The van der Waals surface area contributed by atoms with E-state index < -0.39 is 0 Å². The van der Waals surface area contributed by atoms with E-state index in [1.165, 1.54) is 23.7 Å². The van der Waals surface area contributed by atoms with Gasteiger partial charge in [-0.15, -0.1) is 5.10 Å². The standard InChI is InChI=1S/C12H14FN3OS/c1-2-7-14-12-11(15-16-18-12)8-17-10-5-3-9(13)4-6-10/h3-6,14H,2,7-8H2,1H3. The van der Waals surface area contributed by atoms with Gasteiger partial charge in [-0.25, -0.2) is 4.39 Å². The van der Waals surface area contributed by atoms with Crippen LogP contribution in [-0.4, -0.2) is 16.1 Å². The second-order valence-corrected chi connectivity index (χ2v) is 4.47. The van der Waals surface area contributed by atoms with Gasteiger partial charge >= 0.3 is 0 Å². The topological polar surface area (TPSA) is 47.0 Å². The highest BCUT2D eigenvalue weighted by Crippen LogP contribution is 2.20. The first kappa shape index (κ1) is 12.8. The fraction of sp³-hybridized carbons (Fsp3) is 0.333. The van der Waals surface area contributed by atoms with Gasteiger partial charge in [-0.2, -0.15) is 0 Å². The average Bonchev–Trinajstić information content (AvgIpc) is 2.83. The van der Waals surface area contributed by atoms with Gasteiger partial charge in [0.05, 0.1) is 0 Å². The van der Waals surface area contributed by atoms with Crippen molar-refractivity contribution in [3.8, 4) is 5.75 Å². The summed E-state index contributed by atoms with van der Waals surface area (Å²) < 4.78 is 22.1. The van der Waals surface area contributed by atoms with Gasteiger partial charge < -0.3 is 10.1 Å². The lowest BCUT2D eigenvalue weighted by Gasteiger charge is -2.06. The Morgan fingerprint density at radius 3 is 2.83 bits per heavy atom. The summed E-state index contributed by atoms with van der Waals surface area (Å²) in [6, 6.07) is 5.91. The monoisotopic (exact) mass is 267 g/mol. The number of aromatic nitrogens is 2. The van der Waals surface area contributed by atoms with Gasteiger partial charge in [0.25, 0.3) is 0 Å². The number of halogens is 1. The fourth-order valence-electron chi connectivity index (χ4n) is 1.36. The van der Waals surface area contributed by atoms with E-state index in [9.17, 15) is 4.39 Å². The zero-order chi connectivity index (χ0) is 12.8. The van der Waals surface area contributed by atoms with Crippen LogP contribution in [0.25, 0.3) is 0 Å². The Labute approximate surface area is 109 Å². The van der Waals surface area contributed by atoms with Crippen LogP contribution >= 0.6 is 11.5 Å². The molecule has 0 aliphatic carbocycles. The van der Waals surface area contributed by atoms with E-state index in [1.54, 1.807) is 12.1 Å².